The van der Waals surface area contributed by atoms with Gasteiger partial charge in [0.25, 0.3) is 0 Å². The third kappa shape index (κ3) is 4.84. The lowest BCUT2D eigenvalue weighted by atomic mass is 10.3. The summed E-state index contributed by atoms with van der Waals surface area (Å²) in [5, 5.41) is 7.84. The molecule has 0 spiro atoms. The second kappa shape index (κ2) is 9.71. The fraction of sp³-hybridized carbons (Fsp3) is 0.455. The lowest BCUT2D eigenvalue weighted by Crippen LogP contribution is -2.42. The van der Waals surface area contributed by atoms with Crippen LogP contribution in [-0.4, -0.2) is 84.5 Å². The molecule has 170 valence electrons. The first-order valence-corrected chi connectivity index (χ1v) is 10.7. The number of amides is 3. The third-order valence-corrected chi connectivity index (χ3v) is 5.49. The summed E-state index contributed by atoms with van der Waals surface area (Å²) in [5.41, 5.74) is 0.795. The predicted molar refractivity (Wildman–Crippen MR) is 116 cm³/mol. The molecule has 10 heteroatoms. The Morgan fingerprint density at radius 3 is 2.50 bits per heavy atom. The van der Waals surface area contributed by atoms with Crippen LogP contribution in [0.25, 0.3) is 0 Å². The van der Waals surface area contributed by atoms with Gasteiger partial charge < -0.3 is 24.0 Å². The molecule has 1 atom stereocenters. The molecule has 2 fully saturated rings. The van der Waals surface area contributed by atoms with Crippen LogP contribution in [0.1, 0.15) is 13.3 Å². The number of aromatic nitrogens is 2. The van der Waals surface area contributed by atoms with Gasteiger partial charge in [-0.2, -0.15) is 0 Å². The second-order valence-electron chi connectivity index (χ2n) is 7.56. The number of ether oxygens (including phenoxy) is 3. The molecule has 0 radical (unpaired) electrons. The first-order chi connectivity index (χ1) is 15.6. The van der Waals surface area contributed by atoms with Crippen molar-refractivity contribution in [2.75, 3.05) is 51.3 Å². The van der Waals surface area contributed by atoms with Gasteiger partial charge in [-0.05, 0) is 31.2 Å². The van der Waals surface area contributed by atoms with Gasteiger partial charge in [-0.15, -0.1) is 10.2 Å². The first kappa shape index (κ1) is 21.7. The van der Waals surface area contributed by atoms with E-state index in [4.69, 9.17) is 14.2 Å². The molecule has 2 aliphatic heterocycles. The molecule has 2 aromatic rings. The first-order valence-electron chi connectivity index (χ1n) is 10.7. The smallest absolute Gasteiger partial charge is 0.325 e. The number of hydrogen-bond donors (Lipinski definition) is 0. The number of carbonyl (C=O) groups excluding carboxylic acids is 2. The summed E-state index contributed by atoms with van der Waals surface area (Å²) in [6, 6.07) is 10.6. The molecule has 0 aliphatic carbocycles. The number of anilines is 1. The number of urea groups is 1. The molecule has 3 heterocycles. The summed E-state index contributed by atoms with van der Waals surface area (Å²) in [6.07, 6.45) is 0.544. The lowest BCUT2D eigenvalue weighted by molar-refractivity contribution is -0.130. The van der Waals surface area contributed by atoms with Crippen LogP contribution in [0.5, 0.6) is 17.5 Å². The Morgan fingerprint density at radius 2 is 1.81 bits per heavy atom. The highest BCUT2D eigenvalue weighted by Gasteiger charge is 2.34. The van der Waals surface area contributed by atoms with Crippen LogP contribution in [0, 0.1) is 0 Å². The van der Waals surface area contributed by atoms with Crippen molar-refractivity contribution in [3.05, 3.63) is 36.4 Å². The maximum atomic E-state index is 12.8. The van der Waals surface area contributed by atoms with Crippen LogP contribution in [0.4, 0.5) is 10.5 Å². The van der Waals surface area contributed by atoms with Gasteiger partial charge in [0, 0.05) is 43.9 Å². The van der Waals surface area contributed by atoms with E-state index in [1.54, 1.807) is 26.8 Å². The van der Waals surface area contributed by atoms with Crippen molar-refractivity contribution in [1.29, 1.82) is 0 Å². The van der Waals surface area contributed by atoms with Crippen molar-refractivity contribution in [3.63, 3.8) is 0 Å². The predicted octanol–water partition coefficient (Wildman–Crippen LogP) is 1.81. The summed E-state index contributed by atoms with van der Waals surface area (Å²) in [5.74, 6) is 1.49. The highest BCUT2D eigenvalue weighted by atomic mass is 16.5. The van der Waals surface area contributed by atoms with Crippen molar-refractivity contribution in [2.45, 2.75) is 19.4 Å². The van der Waals surface area contributed by atoms with E-state index >= 15 is 0 Å². The molecule has 10 nitrogen and oxygen atoms in total. The normalized spacial score (nSPS) is 18.2. The van der Waals surface area contributed by atoms with Crippen LogP contribution in [0.15, 0.2) is 36.4 Å². The van der Waals surface area contributed by atoms with Gasteiger partial charge >= 0.3 is 6.03 Å². The molecule has 0 N–H and O–H groups in total. The number of carbonyl (C=O) groups is 2. The summed E-state index contributed by atoms with van der Waals surface area (Å²) >= 11 is 0. The van der Waals surface area contributed by atoms with Crippen molar-refractivity contribution >= 4 is 17.6 Å². The highest BCUT2D eigenvalue weighted by molar-refractivity contribution is 5.96. The van der Waals surface area contributed by atoms with E-state index in [9.17, 15) is 9.59 Å². The molecule has 3 amide bonds. The van der Waals surface area contributed by atoms with Crippen molar-refractivity contribution in [2.24, 2.45) is 0 Å². The molecule has 1 aromatic heterocycles. The third-order valence-electron chi connectivity index (χ3n) is 5.49. The van der Waals surface area contributed by atoms with Gasteiger partial charge in [-0.25, -0.2) is 4.79 Å². The number of methoxy groups -OCH3 is 1. The molecule has 2 saturated heterocycles. The van der Waals surface area contributed by atoms with Gasteiger partial charge in [0.05, 0.1) is 20.3 Å². The molecule has 4 rings (SSSR count). The minimum Gasteiger partial charge on any atom is -0.494 e. The number of hydrogen-bond acceptors (Lipinski definition) is 7. The van der Waals surface area contributed by atoms with Crippen LogP contribution in [-0.2, 0) is 4.79 Å². The fourth-order valence-electron chi connectivity index (χ4n) is 3.82. The number of likely N-dealkylation sites (tertiary alicyclic amines) is 1. The Morgan fingerprint density at radius 1 is 1.06 bits per heavy atom. The maximum absolute atomic E-state index is 12.8. The Balaban J connectivity index is 1.28. The number of rotatable bonds is 8. The average Bonchev–Trinajstić information content (AvgIpc) is 3.42. The number of nitrogens with zero attached hydrogens (tertiary/aromatic N) is 5. The summed E-state index contributed by atoms with van der Waals surface area (Å²) in [7, 11) is 1.52. The minimum absolute atomic E-state index is 0.0570. The van der Waals surface area contributed by atoms with Crippen LogP contribution >= 0.6 is 0 Å². The van der Waals surface area contributed by atoms with Crippen molar-refractivity contribution in [1.82, 2.24) is 20.0 Å². The zero-order chi connectivity index (χ0) is 22.5. The average molecular weight is 441 g/mol. The van der Waals surface area contributed by atoms with Crippen LogP contribution in [0.3, 0.4) is 0 Å². The molecular weight excluding hydrogens is 414 g/mol. The highest BCUT2D eigenvalue weighted by Crippen LogP contribution is 2.24. The zero-order valence-corrected chi connectivity index (χ0v) is 18.3. The van der Waals surface area contributed by atoms with E-state index in [1.807, 2.05) is 31.2 Å². The summed E-state index contributed by atoms with van der Waals surface area (Å²) in [4.78, 5) is 30.6. The Labute approximate surface area is 186 Å². The monoisotopic (exact) mass is 441 g/mol. The quantitative estimate of drug-likeness (QED) is 0.616. The zero-order valence-electron chi connectivity index (χ0n) is 18.3. The minimum atomic E-state index is -0.164. The van der Waals surface area contributed by atoms with E-state index in [0.29, 0.717) is 51.0 Å². The van der Waals surface area contributed by atoms with E-state index in [1.165, 1.54) is 7.11 Å². The molecule has 1 unspecified atom stereocenters. The van der Waals surface area contributed by atoms with E-state index in [-0.39, 0.29) is 24.6 Å². The Bertz CT molecular complexity index is 937. The topological polar surface area (TPSA) is 97.3 Å². The standard InChI is InChI=1S/C22H27N5O5/c1-3-31-17-6-4-16(5-7-17)27-13-12-26(22(27)29)15-21(28)25-11-10-18(14-25)32-20-9-8-19(30-2)23-24-20/h4-9,18H,3,10-15H2,1-2H3. The van der Waals surface area contributed by atoms with Gasteiger partial charge in [-0.1, -0.05) is 0 Å². The molecule has 0 saturated carbocycles. The van der Waals surface area contributed by atoms with Gasteiger partial charge in [-0.3, -0.25) is 9.69 Å². The van der Waals surface area contributed by atoms with Crippen molar-refractivity contribution in [3.8, 4) is 17.5 Å². The van der Waals surface area contributed by atoms with Gasteiger partial charge in [0.15, 0.2) is 0 Å². The largest absolute Gasteiger partial charge is 0.494 e. The van der Waals surface area contributed by atoms with Gasteiger partial charge in [0.1, 0.15) is 18.4 Å². The van der Waals surface area contributed by atoms with E-state index < -0.39 is 0 Å². The Hall–Kier alpha value is -3.56. The van der Waals surface area contributed by atoms with E-state index in [0.717, 1.165) is 11.4 Å². The van der Waals surface area contributed by atoms with Crippen LogP contribution in [0.2, 0.25) is 0 Å². The second-order valence-corrected chi connectivity index (χ2v) is 7.56. The maximum Gasteiger partial charge on any atom is 0.325 e. The van der Waals surface area contributed by atoms with Crippen molar-refractivity contribution < 1.29 is 23.8 Å². The fourth-order valence-corrected chi connectivity index (χ4v) is 3.82. The Kier molecular flexibility index (Phi) is 6.58. The summed E-state index contributed by atoms with van der Waals surface area (Å²) < 4.78 is 16.3. The van der Waals surface area contributed by atoms with Gasteiger partial charge in [0.2, 0.25) is 17.7 Å². The van der Waals surface area contributed by atoms with Crippen LogP contribution < -0.4 is 19.1 Å². The molecule has 32 heavy (non-hydrogen) atoms. The molecule has 1 aromatic carbocycles. The molecule has 2 aliphatic rings. The van der Waals surface area contributed by atoms with E-state index in [2.05, 4.69) is 10.2 Å². The SMILES string of the molecule is CCOc1ccc(N2CCN(CC(=O)N3CCC(Oc4ccc(OC)nn4)C3)C2=O)cc1. The summed E-state index contributed by atoms with van der Waals surface area (Å²) in [6.45, 7) is 4.66. The number of benzene rings is 1. The molecule has 0 bridgehead atoms. The lowest BCUT2D eigenvalue weighted by Gasteiger charge is -2.22. The molecular formula is C22H27N5O5.